The van der Waals surface area contributed by atoms with E-state index in [1.54, 1.807) is 18.3 Å². The van der Waals surface area contributed by atoms with Crippen molar-refractivity contribution in [2.45, 2.75) is 6.92 Å². The van der Waals surface area contributed by atoms with E-state index in [1.807, 2.05) is 19.1 Å². The van der Waals surface area contributed by atoms with Gasteiger partial charge >= 0.3 is 0 Å². The Morgan fingerprint density at radius 2 is 2.00 bits per heavy atom. The second-order valence-electron chi connectivity index (χ2n) is 4.08. The fraction of sp³-hybridized carbons (Fsp3) is 0.133. The van der Waals surface area contributed by atoms with Crippen LogP contribution in [0.3, 0.4) is 0 Å². The summed E-state index contributed by atoms with van der Waals surface area (Å²) in [5.74, 6) is 5.39. The summed E-state index contributed by atoms with van der Waals surface area (Å²) in [6.45, 7) is 2.14. The summed E-state index contributed by atoms with van der Waals surface area (Å²) in [6, 6.07) is 7.19. The van der Waals surface area contributed by atoms with Crippen LogP contribution in [-0.4, -0.2) is 22.4 Å². The van der Waals surface area contributed by atoms with Crippen LogP contribution in [0.5, 0.6) is 0 Å². The predicted octanol–water partition coefficient (Wildman–Crippen LogP) is 1.35. The average molecular weight is 266 g/mol. The first-order valence-corrected chi connectivity index (χ1v) is 6.08. The predicted molar refractivity (Wildman–Crippen MR) is 77.1 cm³/mol. The van der Waals surface area contributed by atoms with Gasteiger partial charge < -0.3 is 11.1 Å². The third-order valence-corrected chi connectivity index (χ3v) is 2.49. The van der Waals surface area contributed by atoms with E-state index in [4.69, 9.17) is 5.73 Å². The van der Waals surface area contributed by atoms with Gasteiger partial charge in [-0.2, -0.15) is 0 Å². The molecule has 0 aliphatic rings. The number of nitrogens with one attached hydrogen (secondary N) is 1. The van der Waals surface area contributed by atoms with Crippen LogP contribution in [0.15, 0.2) is 36.7 Å². The van der Waals surface area contributed by atoms with Crippen molar-refractivity contribution in [3.63, 3.8) is 0 Å². The minimum Gasteiger partial charge on any atom is -0.321 e. The molecule has 0 unspecified atom stereocenters. The van der Waals surface area contributed by atoms with Gasteiger partial charge in [-0.25, -0.2) is 4.98 Å². The maximum absolute atomic E-state index is 11.9. The van der Waals surface area contributed by atoms with E-state index in [9.17, 15) is 4.79 Å². The third-order valence-electron chi connectivity index (χ3n) is 2.49. The molecule has 2 rings (SSSR count). The molecule has 0 bridgehead atoms. The number of aromatic nitrogens is 2. The molecule has 5 heteroatoms. The number of aryl methyl sites for hydroxylation is 1. The van der Waals surface area contributed by atoms with Gasteiger partial charge in [0, 0.05) is 17.4 Å². The van der Waals surface area contributed by atoms with Crippen LogP contribution in [0.25, 0.3) is 0 Å². The van der Waals surface area contributed by atoms with Gasteiger partial charge in [-0.15, -0.1) is 0 Å². The minimum absolute atomic E-state index is 0.280. The number of hydrogen-bond acceptors (Lipinski definition) is 4. The number of carbonyl (C=O) groups is 1. The molecule has 20 heavy (non-hydrogen) atoms. The zero-order valence-corrected chi connectivity index (χ0v) is 11.1. The quantitative estimate of drug-likeness (QED) is 0.804. The summed E-state index contributed by atoms with van der Waals surface area (Å²) >= 11 is 0. The first-order valence-electron chi connectivity index (χ1n) is 6.08. The number of amides is 1. The van der Waals surface area contributed by atoms with E-state index in [1.165, 1.54) is 6.20 Å². The Labute approximate surface area is 117 Å². The summed E-state index contributed by atoms with van der Waals surface area (Å²) in [6.07, 6.45) is 3.01. The van der Waals surface area contributed by atoms with Crippen LogP contribution < -0.4 is 11.1 Å². The average Bonchev–Trinajstić information content (AvgIpc) is 2.47. The van der Waals surface area contributed by atoms with Crippen LogP contribution in [-0.2, 0) is 0 Å². The van der Waals surface area contributed by atoms with E-state index in [2.05, 4.69) is 27.1 Å². The highest BCUT2D eigenvalue weighted by Crippen LogP contribution is 2.10. The zero-order chi connectivity index (χ0) is 14.4. The van der Waals surface area contributed by atoms with E-state index < -0.39 is 0 Å². The number of nitrogens with zero attached hydrogens (tertiary/aromatic N) is 2. The highest BCUT2D eigenvalue weighted by molar-refractivity contribution is 6.02. The number of carbonyl (C=O) groups excluding carboxylic acids is 1. The molecule has 3 N–H and O–H groups in total. The zero-order valence-electron chi connectivity index (χ0n) is 11.1. The first-order chi connectivity index (χ1) is 9.69. The lowest BCUT2D eigenvalue weighted by atomic mass is 10.2. The van der Waals surface area contributed by atoms with Crippen molar-refractivity contribution in [2.24, 2.45) is 5.73 Å². The van der Waals surface area contributed by atoms with E-state index >= 15 is 0 Å². The Bertz CT molecular complexity index is 651. The Hall–Kier alpha value is -2.71. The summed E-state index contributed by atoms with van der Waals surface area (Å²) < 4.78 is 0. The molecule has 1 amide bonds. The Morgan fingerprint density at radius 1 is 1.25 bits per heavy atom. The first kappa shape index (κ1) is 13.7. The Morgan fingerprint density at radius 3 is 2.60 bits per heavy atom. The normalized spacial score (nSPS) is 9.50. The Balaban J connectivity index is 2.06. The summed E-state index contributed by atoms with van der Waals surface area (Å²) in [7, 11) is 0. The number of nitrogens with two attached hydrogens (primary N) is 1. The lowest BCUT2D eigenvalue weighted by Gasteiger charge is -2.04. The molecule has 5 nitrogen and oxygen atoms in total. The molecular weight excluding hydrogens is 252 g/mol. The molecule has 0 atom stereocenters. The van der Waals surface area contributed by atoms with Crippen LogP contribution >= 0.6 is 0 Å². The van der Waals surface area contributed by atoms with Crippen LogP contribution in [0, 0.1) is 18.8 Å². The third kappa shape index (κ3) is 3.64. The van der Waals surface area contributed by atoms with Crippen molar-refractivity contribution >= 4 is 11.6 Å². The molecule has 0 spiro atoms. The molecule has 2 aromatic rings. The van der Waals surface area contributed by atoms with Crippen LogP contribution in [0.4, 0.5) is 5.69 Å². The fourth-order valence-electron chi connectivity index (χ4n) is 1.49. The van der Waals surface area contributed by atoms with Gasteiger partial charge in [0.1, 0.15) is 5.69 Å². The van der Waals surface area contributed by atoms with Gasteiger partial charge in [0.25, 0.3) is 5.91 Å². The molecule has 1 aromatic carbocycles. The fourth-order valence-corrected chi connectivity index (χ4v) is 1.49. The van der Waals surface area contributed by atoms with E-state index in [-0.39, 0.29) is 11.6 Å². The molecule has 1 aromatic heterocycles. The van der Waals surface area contributed by atoms with Crippen molar-refractivity contribution in [3.8, 4) is 11.8 Å². The topological polar surface area (TPSA) is 80.9 Å². The number of rotatable bonds is 2. The largest absolute Gasteiger partial charge is 0.321 e. The Kier molecular flexibility index (Phi) is 4.43. The highest BCUT2D eigenvalue weighted by atomic mass is 16.1. The molecular formula is C15H14N4O. The number of benzene rings is 1. The van der Waals surface area contributed by atoms with E-state index in [0.29, 0.717) is 12.2 Å². The number of hydrogen-bond donors (Lipinski definition) is 2. The number of anilines is 1. The maximum Gasteiger partial charge on any atom is 0.275 e. The molecule has 0 saturated heterocycles. The van der Waals surface area contributed by atoms with Gasteiger partial charge in [0.2, 0.25) is 0 Å². The van der Waals surface area contributed by atoms with Crippen LogP contribution in [0.1, 0.15) is 21.7 Å². The monoisotopic (exact) mass is 266 g/mol. The molecule has 0 aliphatic carbocycles. The van der Waals surface area contributed by atoms with Crippen molar-refractivity contribution in [1.29, 1.82) is 0 Å². The maximum atomic E-state index is 11.9. The van der Waals surface area contributed by atoms with Crippen molar-refractivity contribution in [3.05, 3.63) is 53.6 Å². The molecule has 0 fully saturated rings. The van der Waals surface area contributed by atoms with Gasteiger partial charge in [-0.3, -0.25) is 9.78 Å². The standard InChI is InChI=1S/C15H14N4O/c1-11-9-18-14(10-17-11)15(20)19-13-6-4-12(5-7-13)3-2-8-16/h4-7,9-10H,8,16H2,1H3,(H,19,20). The summed E-state index contributed by atoms with van der Waals surface area (Å²) in [4.78, 5) is 20.0. The molecule has 1 heterocycles. The van der Waals surface area contributed by atoms with Gasteiger partial charge in [0.15, 0.2) is 0 Å². The smallest absolute Gasteiger partial charge is 0.275 e. The van der Waals surface area contributed by atoms with Crippen LogP contribution in [0.2, 0.25) is 0 Å². The molecule has 0 saturated carbocycles. The second-order valence-corrected chi connectivity index (χ2v) is 4.08. The molecule has 100 valence electrons. The van der Waals surface area contributed by atoms with E-state index in [0.717, 1.165) is 11.3 Å². The lowest BCUT2D eigenvalue weighted by Crippen LogP contribution is -2.14. The van der Waals surface area contributed by atoms with Crippen molar-refractivity contribution < 1.29 is 4.79 Å². The van der Waals surface area contributed by atoms with Crippen molar-refractivity contribution in [2.75, 3.05) is 11.9 Å². The van der Waals surface area contributed by atoms with Gasteiger partial charge in [-0.1, -0.05) is 11.8 Å². The molecule has 0 radical (unpaired) electrons. The second kappa shape index (κ2) is 6.45. The van der Waals surface area contributed by atoms with Gasteiger partial charge in [0.05, 0.1) is 18.4 Å². The molecule has 0 aliphatic heterocycles. The summed E-state index contributed by atoms with van der Waals surface area (Å²) in [5, 5.41) is 2.75. The highest BCUT2D eigenvalue weighted by Gasteiger charge is 2.07. The van der Waals surface area contributed by atoms with Crippen molar-refractivity contribution in [1.82, 2.24) is 9.97 Å². The van der Waals surface area contributed by atoms with Gasteiger partial charge in [-0.05, 0) is 31.2 Å². The summed E-state index contributed by atoms with van der Waals surface area (Å²) in [5.41, 5.74) is 7.88. The lowest BCUT2D eigenvalue weighted by molar-refractivity contribution is 0.102. The SMILES string of the molecule is Cc1cnc(C(=O)Nc2ccc(C#CCN)cc2)cn1. The minimum atomic E-state index is -0.293.